The third-order valence-corrected chi connectivity index (χ3v) is 15.1. The summed E-state index contributed by atoms with van der Waals surface area (Å²) >= 11 is 0. The molecule has 0 amide bonds. The Labute approximate surface area is 420 Å². The number of nitrogens with zero attached hydrogens (tertiary/aromatic N) is 14. The Morgan fingerprint density at radius 1 is 0.500 bits per heavy atom. The number of likely N-dealkylation sites (N-methyl/N-ethyl adjacent to an activating group) is 2. The molecule has 386 valence electrons. The van der Waals surface area contributed by atoms with Crippen LogP contribution in [0.15, 0.2) is 120 Å². The Morgan fingerprint density at radius 2 is 0.851 bits per heavy atom. The maximum atomic E-state index is 14.8. The van der Waals surface area contributed by atoms with Crippen LogP contribution in [0, 0.1) is 0 Å². The molecule has 0 unspecified atom stereocenters. The van der Waals surface area contributed by atoms with Crippen LogP contribution in [0.1, 0.15) is 11.1 Å². The molecule has 0 spiro atoms. The highest BCUT2D eigenvalue weighted by molar-refractivity contribution is 7.91. The SMILES string of the molecule is CN1CCN(c2ccc(N(c3nc4c(-c5ccc(S(C)(=O)=O)cc5)cc(C(F)(F)F)cn4n3)N(c3ccc(N4CCN(C)CC4)nc3)c3nc4c(-c5ccc(S(C)(=O)=O)cc5)cc(C(F)(F)F)cn4n3)cn2)CC1. The van der Waals surface area contributed by atoms with Gasteiger partial charge in [0.05, 0.1) is 44.7 Å². The second-order valence-corrected chi connectivity index (χ2v) is 22.2. The van der Waals surface area contributed by atoms with Crippen molar-refractivity contribution in [3.05, 3.63) is 121 Å². The molecule has 0 saturated carbocycles. The van der Waals surface area contributed by atoms with Gasteiger partial charge < -0.3 is 19.6 Å². The lowest BCUT2D eigenvalue weighted by atomic mass is 10.1. The average molecular weight is 1060 g/mol. The number of hydrogen-bond acceptors (Lipinski definition) is 16. The van der Waals surface area contributed by atoms with E-state index in [2.05, 4.69) is 29.8 Å². The van der Waals surface area contributed by atoms with Gasteiger partial charge in [-0.15, -0.1) is 10.2 Å². The van der Waals surface area contributed by atoms with Crippen LogP contribution in [0.25, 0.3) is 33.5 Å². The molecule has 26 heteroatoms. The number of benzene rings is 2. The summed E-state index contributed by atoms with van der Waals surface area (Å²) in [7, 11) is -3.34. The number of pyridine rings is 4. The predicted octanol–water partition coefficient (Wildman–Crippen LogP) is 7.14. The van der Waals surface area contributed by atoms with E-state index in [1.54, 1.807) is 24.3 Å². The largest absolute Gasteiger partial charge is 0.417 e. The summed E-state index contributed by atoms with van der Waals surface area (Å²) in [6.07, 6.45) is -3.25. The maximum Gasteiger partial charge on any atom is 0.417 e. The van der Waals surface area contributed by atoms with Crippen molar-refractivity contribution in [3.8, 4) is 22.3 Å². The monoisotopic (exact) mass is 1060 g/mol. The molecular formula is C48H46F6N14O4S2. The van der Waals surface area contributed by atoms with Crippen LogP contribution in [0.4, 0.5) is 61.2 Å². The minimum atomic E-state index is -4.88. The molecule has 8 aromatic rings. The van der Waals surface area contributed by atoms with E-state index in [1.165, 1.54) is 70.9 Å². The van der Waals surface area contributed by atoms with E-state index in [1.807, 2.05) is 14.1 Å². The zero-order valence-electron chi connectivity index (χ0n) is 40.0. The first-order valence-electron chi connectivity index (χ1n) is 22.9. The first-order valence-corrected chi connectivity index (χ1v) is 26.7. The Bertz CT molecular complexity index is 3360. The average Bonchev–Trinajstić information content (AvgIpc) is 4.00. The standard InChI is InChI=1S/C48H46F6N14O4S2/c1-61-17-21-63(22-18-61)41-15-9-35(27-55-41)67(45-57-43-39(25-33(47(49,50)51)29-65(43)59-45)31-5-11-37(12-6-31)73(3,69)70)68(36-10-16-42(56-28-36)64-23-19-62(2)20-24-64)46-58-44-40(26-34(48(52,53)54)30-66(44)60-46)32-7-13-38(14-8-32)74(4,71)72/h5-16,25-30H,17-24H2,1-4H3. The summed E-state index contributed by atoms with van der Waals surface area (Å²) in [5.74, 6) is 0.673. The summed E-state index contributed by atoms with van der Waals surface area (Å²) in [5, 5.41) is 12.0. The minimum Gasteiger partial charge on any atom is -0.354 e. The summed E-state index contributed by atoms with van der Waals surface area (Å²) in [6.45, 7) is 5.73. The van der Waals surface area contributed by atoms with E-state index >= 15 is 0 Å². The van der Waals surface area contributed by atoms with Gasteiger partial charge in [-0.05, 0) is 85.9 Å². The molecule has 10 rings (SSSR count). The van der Waals surface area contributed by atoms with Gasteiger partial charge in [-0.3, -0.25) is 0 Å². The first kappa shape index (κ1) is 50.1. The molecule has 74 heavy (non-hydrogen) atoms. The van der Waals surface area contributed by atoms with Crippen molar-refractivity contribution in [2.24, 2.45) is 0 Å². The van der Waals surface area contributed by atoms with E-state index in [9.17, 15) is 43.2 Å². The number of hydrazine groups is 1. The summed E-state index contributed by atoms with van der Waals surface area (Å²) in [4.78, 5) is 27.7. The zero-order valence-corrected chi connectivity index (χ0v) is 41.7. The molecule has 2 saturated heterocycles. The van der Waals surface area contributed by atoms with Crippen molar-refractivity contribution >= 4 is 65.9 Å². The van der Waals surface area contributed by atoms with Gasteiger partial charge in [0, 0.05) is 88.4 Å². The van der Waals surface area contributed by atoms with Crippen LogP contribution in [0.3, 0.4) is 0 Å². The normalized spacial score (nSPS) is 15.6. The molecule has 0 N–H and O–H groups in total. The molecule has 0 bridgehead atoms. The third kappa shape index (κ3) is 10.1. The fourth-order valence-corrected chi connectivity index (χ4v) is 9.98. The van der Waals surface area contributed by atoms with E-state index < -0.39 is 43.2 Å². The van der Waals surface area contributed by atoms with Crippen LogP contribution in [0.5, 0.6) is 0 Å². The van der Waals surface area contributed by atoms with Crippen LogP contribution >= 0.6 is 0 Å². The number of hydrogen-bond donors (Lipinski definition) is 0. The number of halogens is 6. The second kappa shape index (κ2) is 18.8. The number of fused-ring (bicyclic) bond motifs is 2. The van der Waals surface area contributed by atoms with E-state index in [0.717, 1.165) is 72.2 Å². The highest BCUT2D eigenvalue weighted by atomic mass is 32.2. The van der Waals surface area contributed by atoms with E-state index in [0.29, 0.717) is 37.8 Å². The first-order chi connectivity index (χ1) is 35.0. The lowest BCUT2D eigenvalue weighted by Crippen LogP contribution is -2.45. The maximum absolute atomic E-state index is 14.8. The van der Waals surface area contributed by atoms with Crippen molar-refractivity contribution in [1.29, 1.82) is 0 Å². The molecule has 0 aliphatic carbocycles. The Morgan fingerprint density at radius 3 is 1.15 bits per heavy atom. The Kier molecular flexibility index (Phi) is 12.7. The van der Waals surface area contributed by atoms with Crippen LogP contribution in [0.2, 0.25) is 0 Å². The molecule has 2 aliphatic rings. The zero-order chi connectivity index (χ0) is 52.5. The summed E-state index contributed by atoms with van der Waals surface area (Å²) in [5.41, 5.74) is -1.74. The van der Waals surface area contributed by atoms with Gasteiger partial charge in [0.15, 0.2) is 31.0 Å². The van der Waals surface area contributed by atoms with Crippen LogP contribution in [-0.2, 0) is 32.0 Å². The van der Waals surface area contributed by atoms with Crippen LogP contribution < -0.4 is 19.8 Å². The van der Waals surface area contributed by atoms with Crippen molar-refractivity contribution in [3.63, 3.8) is 0 Å². The number of anilines is 6. The van der Waals surface area contributed by atoms with Gasteiger partial charge in [-0.2, -0.15) is 36.3 Å². The number of sulfone groups is 2. The van der Waals surface area contributed by atoms with Gasteiger partial charge >= 0.3 is 12.4 Å². The van der Waals surface area contributed by atoms with Gasteiger partial charge in [0.2, 0.25) is 0 Å². The highest BCUT2D eigenvalue weighted by Crippen LogP contribution is 2.40. The molecule has 2 fully saturated rings. The lowest BCUT2D eigenvalue weighted by Gasteiger charge is -2.35. The predicted molar refractivity (Wildman–Crippen MR) is 265 cm³/mol. The van der Waals surface area contributed by atoms with Crippen molar-refractivity contribution < 1.29 is 43.2 Å². The van der Waals surface area contributed by atoms with E-state index in [4.69, 9.17) is 19.9 Å². The van der Waals surface area contributed by atoms with E-state index in [-0.39, 0.29) is 66.6 Å². The topological polar surface area (TPSA) is 174 Å². The smallest absolute Gasteiger partial charge is 0.354 e. The van der Waals surface area contributed by atoms with Crippen LogP contribution in [-0.4, -0.2) is 145 Å². The summed E-state index contributed by atoms with van der Waals surface area (Å²) < 4.78 is 140. The van der Waals surface area contributed by atoms with Crippen molar-refractivity contribution in [1.82, 2.24) is 49.0 Å². The molecule has 2 aromatic carbocycles. The number of rotatable bonds is 11. The molecule has 2 aliphatic heterocycles. The summed E-state index contributed by atoms with van der Waals surface area (Å²) in [6, 6.07) is 19.2. The van der Waals surface area contributed by atoms with Gasteiger partial charge in [0.1, 0.15) is 11.6 Å². The van der Waals surface area contributed by atoms with Gasteiger partial charge in [0.25, 0.3) is 11.9 Å². The fourth-order valence-electron chi connectivity index (χ4n) is 8.72. The lowest BCUT2D eigenvalue weighted by molar-refractivity contribution is -0.138. The molecule has 0 atom stereocenters. The number of aromatic nitrogens is 8. The number of piperazine rings is 2. The van der Waals surface area contributed by atoms with Crippen molar-refractivity contribution in [2.45, 2.75) is 22.1 Å². The fraction of sp³-hybridized carbons (Fsp3) is 0.292. The number of alkyl halides is 6. The molecule has 8 heterocycles. The highest BCUT2D eigenvalue weighted by Gasteiger charge is 2.36. The second-order valence-electron chi connectivity index (χ2n) is 18.2. The third-order valence-electron chi connectivity index (χ3n) is 12.9. The molecule has 18 nitrogen and oxygen atoms in total. The quantitative estimate of drug-likeness (QED) is 0.0944. The van der Waals surface area contributed by atoms with Crippen molar-refractivity contribution in [2.75, 3.05) is 98.8 Å². The Hall–Kier alpha value is -7.42. The molecule has 6 aromatic heterocycles. The molecule has 0 radical (unpaired) electrons. The Balaban J connectivity index is 1.22. The minimum absolute atomic E-state index is 0.0654. The van der Waals surface area contributed by atoms with Gasteiger partial charge in [-0.1, -0.05) is 24.3 Å². The van der Waals surface area contributed by atoms with Gasteiger partial charge in [-0.25, -0.2) is 45.9 Å². The molecular weight excluding hydrogens is 1010 g/mol.